The molecule has 0 spiro atoms. The van der Waals surface area contributed by atoms with Gasteiger partial charge < -0.3 is 19.3 Å². The van der Waals surface area contributed by atoms with Crippen LogP contribution in [0, 0.1) is 5.92 Å². The number of aliphatic hydroxyl groups excluding tert-OH is 1. The summed E-state index contributed by atoms with van der Waals surface area (Å²) in [6.45, 7) is 2.81. The van der Waals surface area contributed by atoms with Crippen LogP contribution in [0.25, 0.3) is 0 Å². The van der Waals surface area contributed by atoms with E-state index in [1.165, 1.54) is 40.0 Å². The normalized spacial score (nSPS) is 21.2. The summed E-state index contributed by atoms with van der Waals surface area (Å²) in [7, 11) is 1.72. The number of hydrogen-bond donors (Lipinski definition) is 1. The van der Waals surface area contributed by atoms with Crippen LogP contribution in [0.1, 0.15) is 20.3 Å². The molecule has 2 aliphatic heterocycles. The molecule has 3 rings (SSSR count). The molecule has 0 saturated carbocycles. The minimum absolute atomic E-state index is 0.107. The number of ether oxygens (including phenoxy) is 3. The van der Waals surface area contributed by atoms with Crippen molar-refractivity contribution in [3.8, 4) is 0 Å². The third-order valence-electron chi connectivity index (χ3n) is 4.25. The van der Waals surface area contributed by atoms with Gasteiger partial charge >= 0.3 is 12.1 Å². The highest BCUT2D eigenvalue weighted by Gasteiger charge is 2.55. The molecule has 1 fully saturated rings. The van der Waals surface area contributed by atoms with Gasteiger partial charge in [-0.15, -0.1) is 16.9 Å². The molecule has 3 atom stereocenters. The number of esters is 1. The van der Waals surface area contributed by atoms with Crippen LogP contribution in [0.5, 0.6) is 0 Å². The number of carbonyl (C=O) groups excluding carboxylic acids is 3. The van der Waals surface area contributed by atoms with Gasteiger partial charge in [-0.25, -0.2) is 14.3 Å². The second kappa shape index (κ2) is 9.66. The molecule has 1 aromatic heterocycles. The van der Waals surface area contributed by atoms with Gasteiger partial charge in [0.2, 0.25) is 17.4 Å². The smallest absolute Gasteiger partial charge is 0.435 e. The lowest BCUT2D eigenvalue weighted by atomic mass is 9.98. The van der Waals surface area contributed by atoms with Crippen LogP contribution in [0.3, 0.4) is 0 Å². The number of allylic oxidation sites excluding steroid dienone is 1. The minimum atomic E-state index is -1.20. The van der Waals surface area contributed by atoms with Gasteiger partial charge in [-0.1, -0.05) is 11.8 Å². The number of fused-ring (bicyclic) bond motifs is 1. The number of hydrogen-bond acceptors (Lipinski definition) is 12. The molecule has 1 unspecified atom stereocenters. The summed E-state index contributed by atoms with van der Waals surface area (Å²) in [6.07, 6.45) is -1.70. The zero-order chi connectivity index (χ0) is 21.8. The highest BCUT2D eigenvalue weighted by atomic mass is 32.2. The van der Waals surface area contributed by atoms with Crippen molar-refractivity contribution < 1.29 is 33.7 Å². The van der Waals surface area contributed by atoms with E-state index in [0.717, 1.165) is 0 Å². The van der Waals surface area contributed by atoms with Crippen molar-refractivity contribution >= 4 is 41.6 Å². The number of nitrogens with zero attached hydrogens (tertiary/aromatic N) is 5. The Hall–Kier alpha value is -2.32. The number of thioether (sulfide) groups is 2. The lowest BCUT2D eigenvalue weighted by molar-refractivity contribution is -0.169. The van der Waals surface area contributed by atoms with Crippen LogP contribution < -0.4 is 0 Å². The Morgan fingerprint density at radius 1 is 1.37 bits per heavy atom. The van der Waals surface area contributed by atoms with Crippen molar-refractivity contribution in [2.45, 2.75) is 37.1 Å². The Morgan fingerprint density at radius 2 is 2.13 bits per heavy atom. The average Bonchev–Trinajstić information content (AvgIpc) is 3.24. The van der Waals surface area contributed by atoms with E-state index >= 15 is 0 Å². The number of carbonyl (C=O) groups is 3. The molecule has 1 aromatic rings. The summed E-state index contributed by atoms with van der Waals surface area (Å²) in [5.74, 6) is -1.15. The van der Waals surface area contributed by atoms with Gasteiger partial charge in [0.05, 0.1) is 19.1 Å². The van der Waals surface area contributed by atoms with E-state index < -0.39 is 24.3 Å². The lowest BCUT2D eigenvalue weighted by Gasteiger charge is -2.41. The summed E-state index contributed by atoms with van der Waals surface area (Å²) < 4.78 is 16.2. The first-order chi connectivity index (χ1) is 14.4. The number of rotatable bonds is 9. The average molecular weight is 460 g/mol. The third-order valence-corrected chi connectivity index (χ3v) is 6.73. The Balaban J connectivity index is 1.69. The van der Waals surface area contributed by atoms with Crippen molar-refractivity contribution in [3.05, 3.63) is 10.6 Å². The van der Waals surface area contributed by atoms with E-state index in [1.807, 2.05) is 0 Å². The number of aromatic nitrogens is 4. The second-order valence-corrected chi connectivity index (χ2v) is 8.51. The maximum absolute atomic E-state index is 12.8. The fourth-order valence-corrected chi connectivity index (χ4v) is 5.31. The molecule has 12 nitrogen and oxygen atoms in total. The van der Waals surface area contributed by atoms with E-state index in [9.17, 15) is 19.5 Å². The fourth-order valence-electron chi connectivity index (χ4n) is 2.89. The largest absolute Gasteiger partial charge is 0.511 e. The Bertz CT molecular complexity index is 861. The van der Waals surface area contributed by atoms with Crippen molar-refractivity contribution in [3.63, 3.8) is 0 Å². The molecule has 0 aromatic carbocycles. The van der Waals surface area contributed by atoms with Crippen LogP contribution in [0.15, 0.2) is 15.8 Å². The Kier molecular flexibility index (Phi) is 7.20. The third kappa shape index (κ3) is 4.54. The molecule has 30 heavy (non-hydrogen) atoms. The SMILES string of the molecule is CCOC(=O)OC(C)OC(=O)C1=C(CCSc2nnnn2C)S[C@@H]2[C@@H](CO)C(=O)N12. The van der Waals surface area contributed by atoms with Gasteiger partial charge in [0, 0.05) is 24.6 Å². The fraction of sp³-hybridized carbons (Fsp3) is 0.625. The zero-order valence-corrected chi connectivity index (χ0v) is 18.1. The van der Waals surface area contributed by atoms with E-state index in [0.29, 0.717) is 22.2 Å². The van der Waals surface area contributed by atoms with E-state index in [4.69, 9.17) is 9.47 Å². The lowest BCUT2D eigenvalue weighted by Crippen LogP contribution is -2.58. The van der Waals surface area contributed by atoms with Crippen LogP contribution in [-0.4, -0.2) is 78.9 Å². The molecule has 164 valence electrons. The quantitative estimate of drug-likeness (QED) is 0.237. The molecule has 1 N–H and O–H groups in total. The molecule has 1 saturated heterocycles. The number of β-lactam (4-membered cyclic amide) rings is 1. The van der Waals surface area contributed by atoms with E-state index in [1.54, 1.807) is 14.0 Å². The van der Waals surface area contributed by atoms with Crippen LogP contribution in [0.4, 0.5) is 4.79 Å². The minimum Gasteiger partial charge on any atom is -0.435 e. The maximum Gasteiger partial charge on any atom is 0.511 e. The Labute approximate surface area is 180 Å². The summed E-state index contributed by atoms with van der Waals surface area (Å²) in [4.78, 5) is 38.5. The molecule has 0 radical (unpaired) electrons. The Morgan fingerprint density at radius 3 is 2.77 bits per heavy atom. The van der Waals surface area contributed by atoms with Crippen molar-refractivity contribution in [1.29, 1.82) is 0 Å². The molecule has 0 aliphatic carbocycles. The highest BCUT2D eigenvalue weighted by Crippen LogP contribution is 2.50. The molecule has 1 amide bonds. The zero-order valence-electron chi connectivity index (χ0n) is 16.5. The predicted molar refractivity (Wildman–Crippen MR) is 104 cm³/mol. The van der Waals surface area contributed by atoms with Crippen molar-refractivity contribution in [2.75, 3.05) is 19.0 Å². The predicted octanol–water partition coefficient (Wildman–Crippen LogP) is 0.490. The molecule has 3 heterocycles. The first kappa shape index (κ1) is 22.4. The standard InChI is InChI=1S/C16H21N5O7S2/c1-4-26-16(25)28-8(2)27-14(24)11-10(5-6-29-15-17-18-19-20(15)3)30-13-9(7-22)12(23)21(11)13/h8-9,13,22H,4-7H2,1-3H3/t8?,9-,13+/m0/s1. The van der Waals surface area contributed by atoms with Crippen molar-refractivity contribution in [2.24, 2.45) is 13.0 Å². The van der Waals surface area contributed by atoms with Crippen LogP contribution in [-0.2, 0) is 30.8 Å². The van der Waals surface area contributed by atoms with E-state index in [-0.39, 0.29) is 30.2 Å². The number of tetrazole rings is 1. The first-order valence-corrected chi connectivity index (χ1v) is 11.0. The van der Waals surface area contributed by atoms with Gasteiger partial charge in [0.1, 0.15) is 11.1 Å². The number of aryl methyl sites for hydroxylation is 1. The first-order valence-electron chi connectivity index (χ1n) is 9.10. The summed E-state index contributed by atoms with van der Waals surface area (Å²) >= 11 is 2.74. The van der Waals surface area contributed by atoms with Gasteiger partial charge in [0.25, 0.3) is 0 Å². The molecule has 0 bridgehead atoms. The van der Waals surface area contributed by atoms with Crippen LogP contribution in [0.2, 0.25) is 0 Å². The van der Waals surface area contributed by atoms with Gasteiger partial charge in [-0.2, -0.15) is 0 Å². The molecule has 14 heteroatoms. The van der Waals surface area contributed by atoms with Gasteiger partial charge in [-0.3, -0.25) is 9.69 Å². The van der Waals surface area contributed by atoms with Gasteiger partial charge in [0.15, 0.2) is 0 Å². The number of amides is 1. The van der Waals surface area contributed by atoms with Crippen molar-refractivity contribution in [1.82, 2.24) is 25.1 Å². The molecular weight excluding hydrogens is 438 g/mol. The summed E-state index contributed by atoms with van der Waals surface area (Å²) in [5, 5.41) is 20.9. The van der Waals surface area contributed by atoms with Crippen LogP contribution >= 0.6 is 23.5 Å². The maximum atomic E-state index is 12.8. The molecule has 2 aliphatic rings. The molecular formula is C16H21N5O7S2. The summed E-state index contributed by atoms with van der Waals surface area (Å²) in [5.41, 5.74) is 0.107. The summed E-state index contributed by atoms with van der Waals surface area (Å²) in [6, 6.07) is 0. The highest BCUT2D eigenvalue weighted by molar-refractivity contribution is 8.04. The monoisotopic (exact) mass is 459 g/mol. The van der Waals surface area contributed by atoms with E-state index in [2.05, 4.69) is 20.3 Å². The number of aliphatic hydroxyl groups is 1. The van der Waals surface area contributed by atoms with Gasteiger partial charge in [-0.05, 0) is 23.8 Å². The topological polar surface area (TPSA) is 146 Å². The second-order valence-electron chi connectivity index (χ2n) is 6.23.